The second kappa shape index (κ2) is 56.0. The first-order valence-corrected chi connectivity index (χ1v) is 44.9. The monoisotopic (exact) mass is 2010 g/mol. The van der Waals surface area contributed by atoms with Gasteiger partial charge in [-0.05, 0) is 83.3 Å². The first-order chi connectivity index (χ1) is 41.5. The van der Waals surface area contributed by atoms with E-state index in [0.29, 0.717) is 20.2 Å². The van der Waals surface area contributed by atoms with Crippen LogP contribution < -0.4 is 39.3 Å². The first-order valence-electron chi connectivity index (χ1n) is 28.4. The van der Waals surface area contributed by atoms with Gasteiger partial charge in [0.05, 0.1) is 50.3 Å². The Hall–Kier alpha value is -0.803. The molecule has 2 aromatic carbocycles. The van der Waals surface area contributed by atoms with E-state index in [1.807, 2.05) is 112 Å². The summed E-state index contributed by atoms with van der Waals surface area (Å²) >= 11 is 9.17. The van der Waals surface area contributed by atoms with Crippen molar-refractivity contribution in [3.8, 4) is 17.6 Å². The van der Waals surface area contributed by atoms with Gasteiger partial charge in [-0.3, -0.25) is 14.8 Å². The van der Waals surface area contributed by atoms with Gasteiger partial charge in [0.1, 0.15) is 36.3 Å². The van der Waals surface area contributed by atoms with Crippen LogP contribution in [0.25, 0.3) is 0 Å². The Morgan fingerprint density at radius 3 is 1.23 bits per heavy atom. The van der Waals surface area contributed by atoms with Gasteiger partial charge in [-0.1, -0.05) is 90.6 Å². The van der Waals surface area contributed by atoms with E-state index in [1.165, 1.54) is 36.2 Å². The topological polar surface area (TPSA) is 216 Å². The normalized spacial score (nSPS) is 12.2. The van der Waals surface area contributed by atoms with E-state index in [1.54, 1.807) is 32.7 Å². The molecule has 4 radical (unpaired) electrons. The smallest absolute Gasteiger partial charge is 0.482 e. The van der Waals surface area contributed by atoms with Gasteiger partial charge in [0.15, 0.2) is 34.9 Å². The van der Waals surface area contributed by atoms with Crippen molar-refractivity contribution in [3.63, 3.8) is 0 Å². The quantitative estimate of drug-likeness (QED) is 0.0269. The zero-order chi connectivity index (χ0) is 65.6. The molecule has 0 fully saturated rings. The van der Waals surface area contributed by atoms with E-state index in [0.717, 1.165) is 135 Å². The molecule has 5 aromatic rings. The molecule has 92 heavy (non-hydrogen) atoms. The van der Waals surface area contributed by atoms with Gasteiger partial charge in [0, 0.05) is 180 Å². The number of aryl methyl sites for hydroxylation is 2. The summed E-state index contributed by atoms with van der Waals surface area (Å²) in [6, 6.07) is 21.7. The molecular formula is C60H100BBrI3N13O7Si3V3W-3. The summed E-state index contributed by atoms with van der Waals surface area (Å²) in [6.07, 6.45) is 5.40. The molecular weight excluding hydrogens is 1910 g/mol. The van der Waals surface area contributed by atoms with E-state index >= 15 is 0 Å². The van der Waals surface area contributed by atoms with Crippen molar-refractivity contribution < 1.29 is 110 Å². The molecule has 32 heteroatoms. The number of nitrogens with zero attached hydrogens (tertiary/aromatic N) is 12. The third-order valence-corrected chi connectivity index (χ3v) is 18.2. The summed E-state index contributed by atoms with van der Waals surface area (Å²) in [6.45, 7) is 37.8. The molecule has 0 unspecified atom stereocenters. The molecule has 3 aliphatic rings. The molecule has 3 N–H and O–H groups in total. The van der Waals surface area contributed by atoms with Crippen molar-refractivity contribution in [1.29, 1.82) is 5.26 Å². The Morgan fingerprint density at radius 2 is 0.870 bits per heavy atom. The Morgan fingerprint density at radius 1 is 0.554 bits per heavy atom. The molecule has 3 aliphatic heterocycles. The number of nitriles is 1. The molecule has 0 atom stereocenters. The minimum absolute atomic E-state index is 0. The fourth-order valence-corrected chi connectivity index (χ4v) is 10.6. The fraction of sp³-hybridized carbons (Fsp3) is 0.533. The average Bonchev–Trinajstić information content (AvgIpc) is 0.815. The molecule has 0 amide bonds. The van der Waals surface area contributed by atoms with E-state index in [2.05, 4.69) is 164 Å². The molecule has 0 saturated heterocycles. The molecule has 0 bridgehead atoms. The van der Waals surface area contributed by atoms with Crippen LogP contribution in [0.1, 0.15) is 36.9 Å². The number of aromatic nitrogens is 6. The molecule has 0 spiro atoms. The summed E-state index contributed by atoms with van der Waals surface area (Å²) in [5.41, 5.74) is 4.32. The number of hydrogen-bond donors (Lipinski definition) is 3. The van der Waals surface area contributed by atoms with Gasteiger partial charge in [-0.25, -0.2) is 29.9 Å². The van der Waals surface area contributed by atoms with E-state index < -0.39 is 24.2 Å². The van der Waals surface area contributed by atoms with Crippen molar-refractivity contribution in [1.82, 2.24) is 29.9 Å². The third-order valence-electron chi connectivity index (χ3n) is 12.7. The number of ether oxygens (including phenoxy) is 5. The summed E-state index contributed by atoms with van der Waals surface area (Å²) in [5.74, 6) is 7.16. The van der Waals surface area contributed by atoms with Crippen LogP contribution in [0.15, 0.2) is 71.7 Å². The number of nitrogens with one attached hydrogen (secondary N) is 1. The van der Waals surface area contributed by atoms with Crippen molar-refractivity contribution in [3.05, 3.63) is 109 Å². The maximum atomic E-state index is 7.32. The fourth-order valence-electron chi connectivity index (χ4n) is 8.07. The predicted octanol–water partition coefficient (Wildman–Crippen LogP) is 13.9. The minimum atomic E-state index is -1.08. The Labute approximate surface area is 656 Å². The second-order valence-corrected chi connectivity index (χ2v) is 41.0. The Balaban J connectivity index is -0.000000374. The van der Waals surface area contributed by atoms with Gasteiger partial charge < -0.3 is 131 Å². The molecule has 514 valence electrons. The van der Waals surface area contributed by atoms with Crippen molar-refractivity contribution in [2.45, 2.75) is 118 Å². The number of anilines is 6. The predicted molar refractivity (Wildman–Crippen MR) is 405 cm³/mol. The Kier molecular flexibility index (Phi) is 60.8. The van der Waals surface area contributed by atoms with Crippen LogP contribution in [0.2, 0.25) is 77.1 Å². The molecule has 3 aromatic heterocycles. The largest absolute Gasteiger partial charge is 0.497 e. The van der Waals surface area contributed by atoms with Crippen LogP contribution in [0.5, 0.6) is 11.5 Å². The zero-order valence-electron chi connectivity index (χ0n) is 55.6. The average molecular weight is 2010 g/mol. The van der Waals surface area contributed by atoms with Crippen LogP contribution in [-0.2, 0) is 104 Å². The van der Waals surface area contributed by atoms with Gasteiger partial charge in [0.2, 0.25) is 0 Å². The van der Waals surface area contributed by atoms with Crippen molar-refractivity contribution in [2.24, 2.45) is 0 Å². The van der Waals surface area contributed by atoms with Gasteiger partial charge in [-0.2, -0.15) is 5.26 Å². The zero-order valence-corrected chi connectivity index (χ0v) is 73.8. The van der Waals surface area contributed by atoms with Crippen LogP contribution in [0.3, 0.4) is 0 Å². The number of benzene rings is 2. The van der Waals surface area contributed by atoms with Crippen molar-refractivity contribution in [2.75, 3.05) is 123 Å². The maximum Gasteiger partial charge on any atom is 0.482 e. The molecule has 8 rings (SSSR count). The summed E-state index contributed by atoms with van der Waals surface area (Å²) < 4.78 is 29.0. The molecule has 0 saturated carbocycles. The van der Waals surface area contributed by atoms with E-state index in [-0.39, 0.29) is 91.8 Å². The minimum Gasteiger partial charge on any atom is -0.497 e. The summed E-state index contributed by atoms with van der Waals surface area (Å²) in [7, 11) is 0.214. The standard InChI is InChI=1S/C21H32N4O2Si.C20H29BrN4O2Si.C13H24N4OSi.C2H3N.3CH2I.CH4.BH2O2.3V.W/c1-17-14-22-20-21(23-17)24(15-18-6-8-19(26-2)9-7-18)10-11-25(20)16-27-12-13-28(3,4)5;1-26-17-7-5-16(6-8-17)14-24-9-10-25(15-27-11-12-28(2,3)4)19-20(24)23-18(21)13-22-19;1-11-9-15-13-12(16-11)14-5-6-17(13)10-18-7-8-19(2,3)4;1-2-3;3*1-2;;2-1-3;;;;/h6-9,14H,10-13,15-16H2,1-5H3;5-8,13H,9-12,14-15H2,1-4H3;9H,5-8,10H2,1-4H3,(H,14,16);1H3;3*1H2;1H4;2-3H;;;;/q;;;;3*-1;;;;;;. The molecule has 0 aliphatic carbocycles. The number of halogens is 4. The third kappa shape index (κ3) is 40.9. The number of fused-ring (bicyclic) bond motifs is 3. The van der Waals surface area contributed by atoms with Gasteiger partial charge in [0.25, 0.3) is 0 Å². The van der Waals surface area contributed by atoms with Gasteiger partial charge >= 0.3 is 7.69 Å². The number of methoxy groups -OCH3 is 2. The molecule has 20 nitrogen and oxygen atoms in total. The Bertz CT molecular complexity index is 2580. The van der Waals surface area contributed by atoms with Gasteiger partial charge in [-0.15, -0.1) is 0 Å². The van der Waals surface area contributed by atoms with Crippen LogP contribution in [0, 0.1) is 40.0 Å². The van der Waals surface area contributed by atoms with Crippen molar-refractivity contribution >= 4 is 151 Å². The van der Waals surface area contributed by atoms with E-state index in [9.17, 15) is 0 Å². The van der Waals surface area contributed by atoms with E-state index in [4.69, 9.17) is 49.0 Å². The van der Waals surface area contributed by atoms with Crippen LogP contribution >= 0.6 is 83.7 Å². The summed E-state index contributed by atoms with van der Waals surface area (Å²) in [5, 5.41) is 24.6. The number of hydrogen-bond acceptors (Lipinski definition) is 20. The van der Waals surface area contributed by atoms with Crippen LogP contribution in [-0.4, -0.2) is 165 Å². The first kappa shape index (κ1) is 99.9. The SMILES string of the molecule is C.CC#N.COc1ccc(CN2CCN(COCC[Si](C)(C)C)c3ncc(Br)nc32)cc1.COc1ccc(CN2CCN(COCC[Si](C)(C)C)c3ncc(C)nc32)cc1.Cc1cnc2c(n1)NCCN2COCC[Si](C)(C)C.O[B]O.[CH2-]I.[CH2-]I.[CH2-]I.[V].[V].[V].[W]. The molecule has 6 heterocycles. The van der Waals surface area contributed by atoms with Crippen LogP contribution in [0.4, 0.5) is 34.9 Å². The number of rotatable bonds is 21. The second-order valence-electron chi connectivity index (χ2n) is 23.3. The summed E-state index contributed by atoms with van der Waals surface area (Å²) in [4.78, 5) is 48.5. The maximum absolute atomic E-state index is 7.32.